The third-order valence-corrected chi connectivity index (χ3v) is 3.33. The minimum atomic E-state index is 0.352. The lowest BCUT2D eigenvalue weighted by Gasteiger charge is -2.35. The largest absolute Gasteiger partial charge is 0.338 e. The average molecular weight is 224 g/mol. The quantitative estimate of drug-likeness (QED) is 0.827. The Bertz CT molecular complexity index is 338. The minimum absolute atomic E-state index is 0.352. The maximum absolute atomic E-state index is 6.07. The van der Waals surface area contributed by atoms with E-state index in [0.717, 1.165) is 32.5 Å². The number of hydrogen-bond acceptors (Lipinski definition) is 5. The number of nitrogens with zero attached hydrogens (tertiary/aromatic N) is 3. The van der Waals surface area contributed by atoms with Gasteiger partial charge in [-0.2, -0.15) is 4.98 Å². The minimum Gasteiger partial charge on any atom is -0.338 e. The van der Waals surface area contributed by atoms with Crippen LogP contribution in [0.2, 0.25) is 0 Å². The first-order valence-electron chi connectivity index (χ1n) is 5.96. The molecule has 5 nitrogen and oxygen atoms in total. The molecule has 0 saturated carbocycles. The van der Waals surface area contributed by atoms with E-state index < -0.39 is 0 Å². The molecule has 1 aromatic rings. The smallest absolute Gasteiger partial charge is 0.240 e. The van der Waals surface area contributed by atoms with Crippen LogP contribution in [0.15, 0.2) is 4.52 Å². The molecule has 0 spiro atoms. The fourth-order valence-corrected chi connectivity index (χ4v) is 2.30. The average Bonchev–Trinajstić information content (AvgIpc) is 2.67. The van der Waals surface area contributed by atoms with Gasteiger partial charge < -0.3 is 10.3 Å². The lowest BCUT2D eigenvalue weighted by Crippen LogP contribution is -2.46. The first-order chi connectivity index (χ1) is 7.69. The third kappa shape index (κ3) is 2.59. The van der Waals surface area contributed by atoms with Gasteiger partial charge in [-0.15, -0.1) is 0 Å². The number of aromatic nitrogens is 2. The topological polar surface area (TPSA) is 68.2 Å². The van der Waals surface area contributed by atoms with E-state index in [2.05, 4.69) is 22.0 Å². The zero-order chi connectivity index (χ0) is 11.5. The van der Waals surface area contributed by atoms with E-state index in [0.29, 0.717) is 23.7 Å². The normalized spacial score (nSPS) is 27.2. The zero-order valence-electron chi connectivity index (χ0n) is 10.0. The van der Waals surface area contributed by atoms with Crippen molar-refractivity contribution in [2.24, 2.45) is 11.7 Å². The summed E-state index contributed by atoms with van der Waals surface area (Å²) in [6.07, 6.45) is 2.20. The summed E-state index contributed by atoms with van der Waals surface area (Å²) in [7, 11) is 0. The summed E-state index contributed by atoms with van der Waals surface area (Å²) in [5.74, 6) is 2.01. The zero-order valence-corrected chi connectivity index (χ0v) is 10.0. The highest BCUT2D eigenvalue weighted by Gasteiger charge is 2.26. The van der Waals surface area contributed by atoms with Crippen molar-refractivity contribution in [2.45, 2.75) is 39.3 Å². The van der Waals surface area contributed by atoms with Gasteiger partial charge in [-0.1, -0.05) is 18.5 Å². The summed E-state index contributed by atoms with van der Waals surface area (Å²) in [5, 5.41) is 3.80. The van der Waals surface area contributed by atoms with Crippen LogP contribution in [0.3, 0.4) is 0 Å². The highest BCUT2D eigenvalue weighted by molar-refractivity contribution is 4.87. The van der Waals surface area contributed by atoms with Crippen LogP contribution < -0.4 is 5.73 Å². The van der Waals surface area contributed by atoms with Gasteiger partial charge in [-0.25, -0.2) is 0 Å². The van der Waals surface area contributed by atoms with Crippen molar-refractivity contribution in [1.82, 2.24) is 15.0 Å². The van der Waals surface area contributed by atoms with E-state index in [1.54, 1.807) is 0 Å². The van der Waals surface area contributed by atoms with E-state index in [9.17, 15) is 0 Å². The standard InChI is InChI=1S/C11H20N4O/c1-3-9-6-15(5-4-10(9)12)7-11-13-8(2)14-16-11/h9-10H,3-7,12H2,1-2H3. The first-order valence-corrected chi connectivity index (χ1v) is 5.96. The maximum atomic E-state index is 6.07. The van der Waals surface area contributed by atoms with Gasteiger partial charge in [0.2, 0.25) is 5.89 Å². The van der Waals surface area contributed by atoms with Crippen LogP contribution >= 0.6 is 0 Å². The number of likely N-dealkylation sites (tertiary alicyclic amines) is 1. The van der Waals surface area contributed by atoms with Gasteiger partial charge in [0, 0.05) is 19.1 Å². The van der Waals surface area contributed by atoms with E-state index in [-0.39, 0.29) is 0 Å². The Hall–Kier alpha value is -0.940. The number of rotatable bonds is 3. The molecule has 0 aliphatic carbocycles. The van der Waals surface area contributed by atoms with E-state index in [1.807, 2.05) is 6.92 Å². The lowest BCUT2D eigenvalue weighted by molar-refractivity contribution is 0.131. The number of nitrogens with two attached hydrogens (primary N) is 1. The molecule has 0 aromatic carbocycles. The molecule has 0 bridgehead atoms. The van der Waals surface area contributed by atoms with Crippen molar-refractivity contribution < 1.29 is 4.52 Å². The summed E-state index contributed by atoms with van der Waals surface area (Å²) < 4.78 is 5.13. The van der Waals surface area contributed by atoms with Crippen molar-refractivity contribution in [3.05, 3.63) is 11.7 Å². The van der Waals surface area contributed by atoms with Crippen LogP contribution in [-0.4, -0.2) is 34.2 Å². The highest BCUT2D eigenvalue weighted by atomic mass is 16.5. The van der Waals surface area contributed by atoms with Crippen molar-refractivity contribution in [2.75, 3.05) is 13.1 Å². The van der Waals surface area contributed by atoms with Crippen LogP contribution in [0.5, 0.6) is 0 Å². The molecule has 1 saturated heterocycles. The van der Waals surface area contributed by atoms with Crippen LogP contribution in [-0.2, 0) is 6.54 Å². The Morgan fingerprint density at radius 1 is 1.56 bits per heavy atom. The Labute approximate surface area is 96.0 Å². The molecule has 2 unspecified atom stereocenters. The van der Waals surface area contributed by atoms with Crippen LogP contribution in [0.1, 0.15) is 31.5 Å². The van der Waals surface area contributed by atoms with Gasteiger partial charge >= 0.3 is 0 Å². The highest BCUT2D eigenvalue weighted by Crippen LogP contribution is 2.19. The SMILES string of the molecule is CCC1CN(Cc2nc(C)no2)CCC1N. The molecule has 1 aromatic heterocycles. The molecule has 2 atom stereocenters. The summed E-state index contributed by atoms with van der Waals surface area (Å²) in [6, 6.07) is 0.352. The first kappa shape index (κ1) is 11.5. The second kappa shape index (κ2) is 4.93. The molecule has 2 rings (SSSR count). The molecule has 2 N–H and O–H groups in total. The number of piperidine rings is 1. The molecule has 1 aliphatic rings. The maximum Gasteiger partial charge on any atom is 0.240 e. The summed E-state index contributed by atoms with van der Waals surface area (Å²) in [5.41, 5.74) is 6.07. The Kier molecular flexibility index (Phi) is 3.56. The molecule has 90 valence electrons. The second-order valence-electron chi connectivity index (χ2n) is 4.59. The Morgan fingerprint density at radius 3 is 3.00 bits per heavy atom. The van der Waals surface area contributed by atoms with E-state index >= 15 is 0 Å². The summed E-state index contributed by atoms with van der Waals surface area (Å²) in [6.45, 7) is 6.86. The molecule has 16 heavy (non-hydrogen) atoms. The molecular weight excluding hydrogens is 204 g/mol. The van der Waals surface area contributed by atoms with Crippen LogP contribution in [0.25, 0.3) is 0 Å². The Morgan fingerprint density at radius 2 is 2.38 bits per heavy atom. The lowest BCUT2D eigenvalue weighted by atomic mass is 9.91. The van der Waals surface area contributed by atoms with Crippen molar-refractivity contribution >= 4 is 0 Å². The summed E-state index contributed by atoms with van der Waals surface area (Å²) in [4.78, 5) is 6.58. The molecule has 1 aliphatic heterocycles. The predicted molar refractivity (Wildman–Crippen MR) is 60.7 cm³/mol. The van der Waals surface area contributed by atoms with Gasteiger partial charge in [0.15, 0.2) is 5.82 Å². The monoisotopic (exact) mass is 224 g/mol. The predicted octanol–water partition coefficient (Wildman–Crippen LogP) is 0.937. The molecule has 0 radical (unpaired) electrons. The van der Waals surface area contributed by atoms with Crippen molar-refractivity contribution in [3.63, 3.8) is 0 Å². The van der Waals surface area contributed by atoms with E-state index in [1.165, 1.54) is 0 Å². The van der Waals surface area contributed by atoms with Crippen molar-refractivity contribution in [3.8, 4) is 0 Å². The van der Waals surface area contributed by atoms with Gasteiger partial charge in [-0.3, -0.25) is 4.90 Å². The van der Waals surface area contributed by atoms with Gasteiger partial charge in [0.05, 0.1) is 6.54 Å². The van der Waals surface area contributed by atoms with Crippen LogP contribution in [0.4, 0.5) is 0 Å². The molecule has 5 heteroatoms. The fourth-order valence-electron chi connectivity index (χ4n) is 2.30. The fraction of sp³-hybridized carbons (Fsp3) is 0.818. The number of hydrogen-bond donors (Lipinski definition) is 1. The van der Waals surface area contributed by atoms with Gasteiger partial charge in [0.1, 0.15) is 0 Å². The van der Waals surface area contributed by atoms with Crippen LogP contribution in [0, 0.1) is 12.8 Å². The van der Waals surface area contributed by atoms with Gasteiger partial charge in [-0.05, 0) is 19.3 Å². The molecule has 2 heterocycles. The second-order valence-corrected chi connectivity index (χ2v) is 4.59. The number of aryl methyl sites for hydroxylation is 1. The van der Waals surface area contributed by atoms with Gasteiger partial charge in [0.25, 0.3) is 0 Å². The summed E-state index contributed by atoms with van der Waals surface area (Å²) >= 11 is 0. The van der Waals surface area contributed by atoms with E-state index in [4.69, 9.17) is 10.3 Å². The van der Waals surface area contributed by atoms with Crippen molar-refractivity contribution in [1.29, 1.82) is 0 Å². The third-order valence-electron chi connectivity index (χ3n) is 3.33. The molecule has 0 amide bonds. The molecular formula is C11H20N4O. The Balaban J connectivity index is 1.91. The molecule has 1 fully saturated rings.